The fourth-order valence-electron chi connectivity index (χ4n) is 1.08. The van der Waals surface area contributed by atoms with Crippen molar-refractivity contribution in [2.75, 3.05) is 13.4 Å². The maximum atomic E-state index is 9.17. The Bertz CT molecular complexity index is 140. The van der Waals surface area contributed by atoms with E-state index in [-0.39, 0.29) is 0 Å². The number of hydrogen-bond donors (Lipinski definition) is 4. The zero-order valence-corrected chi connectivity index (χ0v) is 6.33. The van der Waals surface area contributed by atoms with E-state index in [1.54, 1.807) is 0 Å². The minimum absolute atomic E-state index is 0.399. The van der Waals surface area contributed by atoms with Gasteiger partial charge in [0.15, 0.2) is 6.29 Å². The van der Waals surface area contributed by atoms with Gasteiger partial charge in [0, 0.05) is 0 Å². The molecule has 4 atom stereocenters. The molecule has 1 aliphatic rings. The van der Waals surface area contributed by atoms with Gasteiger partial charge in [-0.15, -0.1) is 0 Å². The normalized spacial score (nSPS) is 42.0. The molecule has 0 saturated carbocycles. The van der Waals surface area contributed by atoms with Crippen molar-refractivity contribution in [3.8, 4) is 0 Å². The maximum absolute atomic E-state index is 9.17. The van der Waals surface area contributed by atoms with Gasteiger partial charge >= 0.3 is 0 Å². The molecule has 0 aromatic carbocycles. The zero-order valence-electron chi connectivity index (χ0n) is 6.33. The molecule has 72 valence electrons. The van der Waals surface area contributed by atoms with E-state index in [1.807, 2.05) is 0 Å². The highest BCUT2D eigenvalue weighted by atomic mass is 16.7. The molecule has 0 radical (unpaired) electrons. The van der Waals surface area contributed by atoms with Gasteiger partial charge in [-0.2, -0.15) is 0 Å². The van der Waals surface area contributed by atoms with Crippen molar-refractivity contribution in [1.29, 1.82) is 0 Å². The van der Waals surface area contributed by atoms with Gasteiger partial charge in [0.1, 0.15) is 25.1 Å². The molecule has 0 aliphatic carbocycles. The van der Waals surface area contributed by atoms with Gasteiger partial charge in [0.2, 0.25) is 0 Å². The molecule has 0 aromatic rings. The molecule has 0 unspecified atom stereocenters. The first-order chi connectivity index (χ1) is 5.70. The van der Waals surface area contributed by atoms with Gasteiger partial charge in [0.05, 0.1) is 6.61 Å². The Labute approximate surface area is 69.0 Å². The van der Waals surface area contributed by atoms with Gasteiger partial charge in [-0.25, -0.2) is 0 Å². The minimum atomic E-state index is -1.23. The maximum Gasteiger partial charge on any atom is 0.189 e. The van der Waals surface area contributed by atoms with Crippen LogP contribution in [0.4, 0.5) is 0 Å². The lowest BCUT2D eigenvalue weighted by atomic mass is 10.1. The highest BCUT2D eigenvalue weighted by Crippen LogP contribution is 2.21. The molecule has 1 fully saturated rings. The van der Waals surface area contributed by atoms with E-state index in [1.165, 1.54) is 0 Å². The molecule has 0 amide bonds. The zero-order chi connectivity index (χ0) is 9.14. The van der Waals surface area contributed by atoms with Crippen molar-refractivity contribution < 1.29 is 29.9 Å². The van der Waals surface area contributed by atoms with Crippen LogP contribution in [0.3, 0.4) is 0 Å². The lowest BCUT2D eigenvalue weighted by molar-refractivity contribution is -0.201. The second-order valence-electron chi connectivity index (χ2n) is 2.50. The van der Waals surface area contributed by atoms with Crippen LogP contribution in [0.15, 0.2) is 0 Å². The molecular weight excluding hydrogens is 168 g/mol. The van der Waals surface area contributed by atoms with Crippen molar-refractivity contribution in [3.63, 3.8) is 0 Å². The summed E-state index contributed by atoms with van der Waals surface area (Å²) in [7, 11) is 0. The molecule has 1 rings (SSSR count). The van der Waals surface area contributed by atoms with E-state index in [2.05, 4.69) is 4.74 Å². The fourth-order valence-corrected chi connectivity index (χ4v) is 1.08. The Kier molecular flexibility index (Phi) is 3.39. The number of aliphatic hydroxyl groups excluding tert-OH is 4. The SMILES string of the molecule is OCO[C@H]1O[C@H](CO)[C@H](O)[C@@H]1O. The Hall–Kier alpha value is -0.240. The quantitative estimate of drug-likeness (QED) is 0.355. The summed E-state index contributed by atoms with van der Waals surface area (Å²) < 4.78 is 9.37. The summed E-state index contributed by atoms with van der Waals surface area (Å²) >= 11 is 0. The molecule has 0 aromatic heterocycles. The van der Waals surface area contributed by atoms with Crippen molar-refractivity contribution in [2.45, 2.75) is 24.6 Å². The van der Waals surface area contributed by atoms with Gasteiger partial charge in [-0.05, 0) is 0 Å². The molecule has 1 saturated heterocycles. The van der Waals surface area contributed by atoms with E-state index in [0.717, 1.165) is 0 Å². The van der Waals surface area contributed by atoms with Crippen LogP contribution < -0.4 is 0 Å². The smallest absolute Gasteiger partial charge is 0.189 e. The van der Waals surface area contributed by atoms with E-state index in [0.29, 0.717) is 0 Å². The van der Waals surface area contributed by atoms with Gasteiger partial charge in [-0.1, -0.05) is 0 Å². The topological polar surface area (TPSA) is 99.4 Å². The fraction of sp³-hybridized carbons (Fsp3) is 1.00. The van der Waals surface area contributed by atoms with Gasteiger partial charge in [0.25, 0.3) is 0 Å². The number of hydrogen-bond acceptors (Lipinski definition) is 6. The monoisotopic (exact) mass is 180 g/mol. The highest BCUT2D eigenvalue weighted by molar-refractivity contribution is 4.85. The Balaban J connectivity index is 2.48. The molecule has 1 aliphatic heterocycles. The summed E-state index contributed by atoms with van der Waals surface area (Å²) in [5.41, 5.74) is 0. The third-order valence-corrected chi connectivity index (χ3v) is 1.74. The van der Waals surface area contributed by atoms with Crippen LogP contribution in [0, 0.1) is 0 Å². The molecule has 4 N–H and O–H groups in total. The van der Waals surface area contributed by atoms with Gasteiger partial charge < -0.3 is 29.9 Å². The first kappa shape index (κ1) is 9.85. The molecule has 0 spiro atoms. The predicted octanol–water partition coefficient (Wildman–Crippen LogP) is -2.61. The van der Waals surface area contributed by atoms with Crippen LogP contribution in [-0.2, 0) is 9.47 Å². The van der Waals surface area contributed by atoms with Crippen LogP contribution in [0.2, 0.25) is 0 Å². The summed E-state index contributed by atoms with van der Waals surface area (Å²) in [5.74, 6) is 0. The van der Waals surface area contributed by atoms with Crippen LogP contribution in [0.1, 0.15) is 0 Å². The van der Waals surface area contributed by atoms with Crippen LogP contribution in [0.25, 0.3) is 0 Å². The molecule has 6 nitrogen and oxygen atoms in total. The lowest BCUT2D eigenvalue weighted by Crippen LogP contribution is -2.34. The van der Waals surface area contributed by atoms with Gasteiger partial charge in [-0.3, -0.25) is 0 Å². The van der Waals surface area contributed by atoms with E-state index in [4.69, 9.17) is 25.2 Å². The van der Waals surface area contributed by atoms with E-state index in [9.17, 15) is 0 Å². The molecule has 6 heteroatoms. The first-order valence-electron chi connectivity index (χ1n) is 3.55. The number of rotatable bonds is 3. The average molecular weight is 180 g/mol. The lowest BCUT2D eigenvalue weighted by Gasteiger charge is -2.12. The van der Waals surface area contributed by atoms with Crippen molar-refractivity contribution in [2.24, 2.45) is 0 Å². The van der Waals surface area contributed by atoms with E-state index >= 15 is 0 Å². The summed E-state index contributed by atoms with van der Waals surface area (Å²) in [6.45, 7) is -1.00. The summed E-state index contributed by atoms with van der Waals surface area (Å²) in [4.78, 5) is 0. The summed E-state index contributed by atoms with van der Waals surface area (Å²) in [6.07, 6.45) is -4.32. The largest absolute Gasteiger partial charge is 0.394 e. The highest BCUT2D eigenvalue weighted by Gasteiger charge is 2.42. The molecule has 0 bridgehead atoms. The Morgan fingerprint density at radius 3 is 2.25 bits per heavy atom. The number of ether oxygens (including phenoxy) is 2. The summed E-state index contributed by atoms with van der Waals surface area (Å²) in [6, 6.07) is 0. The molecular formula is C6H12O6. The van der Waals surface area contributed by atoms with Crippen LogP contribution in [-0.4, -0.2) is 58.4 Å². The van der Waals surface area contributed by atoms with E-state index < -0.39 is 38.0 Å². The van der Waals surface area contributed by atoms with Crippen LogP contribution >= 0.6 is 0 Å². The summed E-state index contributed by atoms with van der Waals surface area (Å²) in [5, 5.41) is 35.3. The molecule has 12 heavy (non-hydrogen) atoms. The second kappa shape index (κ2) is 4.13. The van der Waals surface area contributed by atoms with Crippen LogP contribution in [0.5, 0.6) is 0 Å². The Morgan fingerprint density at radius 1 is 1.17 bits per heavy atom. The third-order valence-electron chi connectivity index (χ3n) is 1.74. The Morgan fingerprint density at radius 2 is 1.83 bits per heavy atom. The first-order valence-corrected chi connectivity index (χ1v) is 3.55. The van der Waals surface area contributed by atoms with Crippen molar-refractivity contribution >= 4 is 0 Å². The van der Waals surface area contributed by atoms with Crippen molar-refractivity contribution in [1.82, 2.24) is 0 Å². The minimum Gasteiger partial charge on any atom is -0.394 e. The van der Waals surface area contributed by atoms with Crippen molar-refractivity contribution in [3.05, 3.63) is 0 Å². The molecule has 1 heterocycles. The standard InChI is InChI=1S/C6H12O6/c7-1-3-4(9)5(10)6(12-3)11-2-8/h3-10H,1-2H2/t3-,4+,5+,6+/m1/s1. The number of aliphatic hydroxyl groups is 4. The predicted molar refractivity (Wildman–Crippen MR) is 35.9 cm³/mol. The third kappa shape index (κ3) is 1.74. The average Bonchev–Trinajstić information content (AvgIpc) is 2.33. The second-order valence-corrected chi connectivity index (χ2v) is 2.50.